The maximum atomic E-state index is 10.3. The lowest BCUT2D eigenvalue weighted by Gasteiger charge is -2.33. The van der Waals surface area contributed by atoms with Gasteiger partial charge in [-0.2, -0.15) is 0 Å². The molecule has 2 saturated carbocycles. The number of aliphatic hydroxyl groups excluding tert-OH is 1. The molecule has 0 bridgehead atoms. The Morgan fingerprint density at radius 3 is 1.69 bits per heavy atom. The van der Waals surface area contributed by atoms with Crippen LogP contribution in [-0.4, -0.2) is 18.0 Å². The first-order valence-electron chi connectivity index (χ1n) is 20.6. The van der Waals surface area contributed by atoms with Crippen molar-refractivity contribution < 1.29 is 9.90 Å². The molecule has 0 spiro atoms. The average Bonchev–Trinajstić information content (AvgIpc) is 3.90. The van der Waals surface area contributed by atoms with Gasteiger partial charge in [-0.3, -0.25) is 0 Å². The number of aldehydes is 1. The van der Waals surface area contributed by atoms with Crippen molar-refractivity contribution in [2.24, 2.45) is 17.8 Å². The summed E-state index contributed by atoms with van der Waals surface area (Å²) in [6.07, 6.45) is 24.4. The van der Waals surface area contributed by atoms with Crippen LogP contribution < -0.4 is 0 Å². The summed E-state index contributed by atoms with van der Waals surface area (Å²) in [5.74, 6) is 4.36. The number of unbranched alkanes of at least 4 members (excludes halogenated alkanes) is 4. The van der Waals surface area contributed by atoms with Crippen LogP contribution in [0.3, 0.4) is 0 Å². The first kappa shape index (κ1) is 46.9. The standard InChI is InChI=1S/C31H38.C11H20O.C4H6.C2H6O.C2H6/c1-21-8-18-27(21)29-20-24(22-9-14-25(15-10-22)30(2,3)4)13-19-28(29)23-11-16-26(17-12-23)31(5,6)7;1-2-3-4-5-6-7-10-8-11(10)9-12;1-3-4-2;1-2-3;1-2/h9-17,19,21H,8,18,20H2,1-7H3;9-11H,2-8H2,1H3;1H,4H2,2H3;3H,2H2,1H3;1-2H3/b29-27+;;;;. The number of carbonyl (C=O) groups is 1. The lowest BCUT2D eigenvalue weighted by Crippen LogP contribution is -2.16. The van der Waals surface area contributed by atoms with Gasteiger partial charge in [0.15, 0.2) is 0 Å². The molecule has 3 aliphatic rings. The highest BCUT2D eigenvalue weighted by Gasteiger charge is 2.35. The van der Waals surface area contributed by atoms with Crippen LogP contribution in [0.25, 0.3) is 11.1 Å². The molecule has 2 fully saturated rings. The molecule has 52 heavy (non-hydrogen) atoms. The van der Waals surface area contributed by atoms with Crippen molar-refractivity contribution in [2.45, 2.75) is 165 Å². The number of terminal acetylenes is 1. The Labute approximate surface area is 321 Å². The molecule has 0 saturated heterocycles. The molecule has 1 N–H and O–H groups in total. The van der Waals surface area contributed by atoms with E-state index in [2.05, 4.69) is 122 Å². The Morgan fingerprint density at radius 2 is 1.31 bits per heavy atom. The fourth-order valence-corrected chi connectivity index (χ4v) is 6.52. The molecule has 3 aliphatic carbocycles. The maximum Gasteiger partial charge on any atom is 0.123 e. The average molecular weight is 709 g/mol. The van der Waals surface area contributed by atoms with Gasteiger partial charge in [0.25, 0.3) is 0 Å². The van der Waals surface area contributed by atoms with Gasteiger partial charge in [0, 0.05) is 18.9 Å². The molecule has 0 aliphatic heterocycles. The van der Waals surface area contributed by atoms with E-state index >= 15 is 0 Å². The van der Waals surface area contributed by atoms with E-state index in [9.17, 15) is 4.79 Å². The number of benzene rings is 2. The van der Waals surface area contributed by atoms with E-state index in [-0.39, 0.29) is 17.4 Å². The lowest BCUT2D eigenvalue weighted by molar-refractivity contribution is -0.109. The van der Waals surface area contributed by atoms with E-state index in [1.807, 2.05) is 20.8 Å². The predicted octanol–water partition coefficient (Wildman–Crippen LogP) is 14.1. The summed E-state index contributed by atoms with van der Waals surface area (Å²) in [6, 6.07) is 18.5. The van der Waals surface area contributed by atoms with E-state index in [0.29, 0.717) is 5.92 Å². The zero-order chi connectivity index (χ0) is 39.3. The van der Waals surface area contributed by atoms with Gasteiger partial charge in [0.2, 0.25) is 0 Å². The van der Waals surface area contributed by atoms with E-state index in [4.69, 9.17) is 11.5 Å². The summed E-state index contributed by atoms with van der Waals surface area (Å²) in [7, 11) is 0. The highest BCUT2D eigenvalue weighted by atomic mass is 16.2. The Balaban J connectivity index is 0.000000531. The highest BCUT2D eigenvalue weighted by Crippen LogP contribution is 2.46. The first-order valence-corrected chi connectivity index (χ1v) is 20.6. The second-order valence-electron chi connectivity index (χ2n) is 16.4. The van der Waals surface area contributed by atoms with Crippen LogP contribution in [0.5, 0.6) is 0 Å². The summed E-state index contributed by atoms with van der Waals surface area (Å²) in [5, 5.41) is 7.57. The molecule has 0 aromatic heterocycles. The Bertz CT molecular complexity index is 1430. The van der Waals surface area contributed by atoms with Crippen molar-refractivity contribution >= 4 is 17.4 Å². The van der Waals surface area contributed by atoms with Gasteiger partial charge in [-0.25, -0.2) is 0 Å². The summed E-state index contributed by atoms with van der Waals surface area (Å²) in [6.45, 7) is 26.2. The van der Waals surface area contributed by atoms with Crippen LogP contribution >= 0.6 is 0 Å². The summed E-state index contributed by atoms with van der Waals surface area (Å²) in [4.78, 5) is 10.3. The van der Waals surface area contributed by atoms with Crippen LogP contribution in [-0.2, 0) is 15.6 Å². The molecule has 5 rings (SSSR count). The molecule has 0 heterocycles. The highest BCUT2D eigenvalue weighted by molar-refractivity contribution is 5.89. The van der Waals surface area contributed by atoms with Gasteiger partial charge in [-0.1, -0.05) is 175 Å². The molecule has 0 amide bonds. The van der Waals surface area contributed by atoms with Gasteiger partial charge in [-0.05, 0) is 101 Å². The third-order valence-electron chi connectivity index (χ3n) is 10.2. The quantitative estimate of drug-likeness (QED) is 0.160. The van der Waals surface area contributed by atoms with Gasteiger partial charge in [0.1, 0.15) is 6.29 Å². The largest absolute Gasteiger partial charge is 0.397 e. The van der Waals surface area contributed by atoms with Crippen LogP contribution in [0.15, 0.2) is 71.8 Å². The van der Waals surface area contributed by atoms with Gasteiger partial charge in [0.05, 0.1) is 0 Å². The summed E-state index contributed by atoms with van der Waals surface area (Å²) in [5.41, 5.74) is 12.0. The van der Waals surface area contributed by atoms with Gasteiger partial charge >= 0.3 is 0 Å². The summed E-state index contributed by atoms with van der Waals surface area (Å²) < 4.78 is 0. The number of carbonyl (C=O) groups excluding carboxylic acids is 1. The topological polar surface area (TPSA) is 37.3 Å². The van der Waals surface area contributed by atoms with Gasteiger partial charge < -0.3 is 9.90 Å². The van der Waals surface area contributed by atoms with Crippen molar-refractivity contribution in [1.29, 1.82) is 0 Å². The Hall–Kier alpha value is -3.15. The number of rotatable bonds is 9. The molecule has 3 atom stereocenters. The number of aliphatic hydroxyl groups is 1. The fourth-order valence-electron chi connectivity index (χ4n) is 6.52. The summed E-state index contributed by atoms with van der Waals surface area (Å²) >= 11 is 0. The molecule has 288 valence electrons. The second-order valence-corrected chi connectivity index (χ2v) is 16.4. The molecule has 2 aromatic carbocycles. The van der Waals surface area contributed by atoms with Crippen LogP contribution in [0.4, 0.5) is 0 Å². The van der Waals surface area contributed by atoms with Crippen molar-refractivity contribution in [2.75, 3.05) is 6.61 Å². The smallest absolute Gasteiger partial charge is 0.123 e. The minimum atomic E-state index is 0.190. The molecular formula is C50H76O2. The molecule has 2 aromatic rings. The van der Waals surface area contributed by atoms with Crippen molar-refractivity contribution in [3.63, 3.8) is 0 Å². The monoisotopic (exact) mass is 709 g/mol. The fraction of sp³-hybridized carbons (Fsp3) is 0.580. The van der Waals surface area contributed by atoms with Crippen molar-refractivity contribution in [1.82, 2.24) is 0 Å². The zero-order valence-electron chi connectivity index (χ0n) is 35.5. The minimum Gasteiger partial charge on any atom is -0.397 e. The van der Waals surface area contributed by atoms with E-state index in [1.54, 1.807) is 18.1 Å². The van der Waals surface area contributed by atoms with E-state index in [0.717, 1.165) is 31.0 Å². The van der Waals surface area contributed by atoms with Crippen molar-refractivity contribution in [3.05, 3.63) is 94.1 Å². The lowest BCUT2D eigenvalue weighted by atomic mass is 9.72. The number of hydrogen-bond acceptors (Lipinski definition) is 2. The molecule has 0 radical (unpaired) electrons. The molecular weight excluding hydrogens is 633 g/mol. The zero-order valence-corrected chi connectivity index (χ0v) is 35.5. The van der Waals surface area contributed by atoms with E-state index < -0.39 is 0 Å². The predicted molar refractivity (Wildman–Crippen MR) is 231 cm³/mol. The Kier molecular flexibility index (Phi) is 21.8. The van der Waals surface area contributed by atoms with Crippen molar-refractivity contribution in [3.8, 4) is 12.3 Å². The van der Waals surface area contributed by atoms with E-state index in [1.165, 1.54) is 91.2 Å². The first-order chi connectivity index (χ1) is 24.7. The molecule has 2 heteroatoms. The number of hydrogen-bond donors (Lipinski definition) is 1. The van der Waals surface area contributed by atoms with Crippen LogP contribution in [0.2, 0.25) is 0 Å². The third-order valence-corrected chi connectivity index (χ3v) is 10.2. The molecule has 2 nitrogen and oxygen atoms in total. The third kappa shape index (κ3) is 15.8. The normalized spacial score (nSPS) is 20.2. The SMILES string of the molecule is C#CCC.CC.CC1CC/C1=C1/CC(c2ccc(C(C)(C)C)cc2)=CC=C1c1ccc(C(C)(C)C)cc1.CCCCCCCC1CC1C=O.CCO. The Morgan fingerprint density at radius 1 is 0.808 bits per heavy atom. The maximum absolute atomic E-state index is 10.3. The second kappa shape index (κ2) is 24.2. The minimum absolute atomic E-state index is 0.190. The van der Waals surface area contributed by atoms with Crippen LogP contribution in [0, 0.1) is 30.1 Å². The number of allylic oxidation sites excluding steroid dienone is 6. The van der Waals surface area contributed by atoms with Crippen LogP contribution in [0.1, 0.15) is 176 Å². The molecule has 3 unspecified atom stereocenters. The van der Waals surface area contributed by atoms with Gasteiger partial charge in [-0.15, -0.1) is 12.3 Å².